The van der Waals surface area contributed by atoms with Gasteiger partial charge in [-0.1, -0.05) is 126 Å². The standard InChI is InChI=1S/C48H39N3/c1-34-4-10-37(11-5-34)31-49-46-22-16-40(17-23-46)43-28-44(41-18-24-47(25-19-41)50-32-38-12-6-35(2)7-13-38)30-45(29-43)42-20-26-48(27-21-42)51-33-39-14-8-36(3)9-15-39/h4-33H,1-3H3/b49-31+,50-32+,51-33+. The fourth-order valence-corrected chi connectivity index (χ4v) is 5.75. The SMILES string of the molecule is Cc1ccc(/C=N/c2ccc(-c3cc(-c4ccc(/N=C/c5ccc(C)cc5)cc4)cc(-c4ccc(/N=C/c5ccc(C)cc5)cc4)c3)cc2)cc1. The van der Waals surface area contributed by atoms with Gasteiger partial charge in [0.1, 0.15) is 0 Å². The zero-order chi connectivity index (χ0) is 35.0. The lowest BCUT2D eigenvalue weighted by atomic mass is 9.93. The Bertz CT molecular complexity index is 2030. The molecule has 0 unspecified atom stereocenters. The summed E-state index contributed by atoms with van der Waals surface area (Å²) in [5, 5.41) is 0. The summed E-state index contributed by atoms with van der Waals surface area (Å²) in [6.45, 7) is 6.28. The van der Waals surface area contributed by atoms with E-state index < -0.39 is 0 Å². The highest BCUT2D eigenvalue weighted by Gasteiger charge is 2.09. The third kappa shape index (κ3) is 8.78. The average Bonchev–Trinajstić information content (AvgIpc) is 3.18. The second-order valence-corrected chi connectivity index (χ2v) is 12.9. The number of hydrogen-bond acceptors (Lipinski definition) is 3. The van der Waals surface area contributed by atoms with Crippen LogP contribution >= 0.6 is 0 Å². The Morgan fingerprint density at radius 1 is 0.275 bits per heavy atom. The van der Waals surface area contributed by atoms with Gasteiger partial charge in [-0.2, -0.15) is 0 Å². The van der Waals surface area contributed by atoms with Crippen LogP contribution in [0.25, 0.3) is 33.4 Å². The van der Waals surface area contributed by atoms with E-state index in [2.05, 4.69) is 185 Å². The lowest BCUT2D eigenvalue weighted by Gasteiger charge is -2.12. The summed E-state index contributed by atoms with van der Waals surface area (Å²) < 4.78 is 0. The van der Waals surface area contributed by atoms with Crippen molar-refractivity contribution in [3.8, 4) is 33.4 Å². The van der Waals surface area contributed by atoms with E-state index in [1.807, 2.05) is 18.6 Å². The molecule has 0 fully saturated rings. The summed E-state index contributed by atoms with van der Waals surface area (Å²) >= 11 is 0. The highest BCUT2D eigenvalue weighted by Crippen LogP contribution is 2.35. The lowest BCUT2D eigenvalue weighted by molar-refractivity contribution is 1.46. The van der Waals surface area contributed by atoms with Crippen molar-refractivity contribution in [3.63, 3.8) is 0 Å². The monoisotopic (exact) mass is 657 g/mol. The molecule has 0 bridgehead atoms. The summed E-state index contributed by atoms with van der Waals surface area (Å²) in [6, 6.07) is 57.3. The molecule has 0 aliphatic carbocycles. The molecule has 0 heterocycles. The van der Waals surface area contributed by atoms with Crippen molar-refractivity contribution < 1.29 is 0 Å². The van der Waals surface area contributed by atoms with Gasteiger partial charge in [0.25, 0.3) is 0 Å². The van der Waals surface area contributed by atoms with E-state index in [9.17, 15) is 0 Å². The van der Waals surface area contributed by atoms with E-state index in [1.54, 1.807) is 0 Å². The van der Waals surface area contributed by atoms with Gasteiger partial charge in [-0.3, -0.25) is 15.0 Å². The molecule has 0 spiro atoms. The van der Waals surface area contributed by atoms with Crippen LogP contribution in [-0.4, -0.2) is 18.6 Å². The maximum atomic E-state index is 4.72. The first kappa shape index (κ1) is 33.1. The van der Waals surface area contributed by atoms with Crippen LogP contribution in [0.4, 0.5) is 17.1 Å². The van der Waals surface area contributed by atoms with Crippen LogP contribution in [0.5, 0.6) is 0 Å². The number of aryl methyl sites for hydroxylation is 3. The maximum Gasteiger partial charge on any atom is 0.0630 e. The summed E-state index contributed by atoms with van der Waals surface area (Å²) in [4.78, 5) is 14.1. The summed E-state index contributed by atoms with van der Waals surface area (Å²) in [5.74, 6) is 0. The molecule has 51 heavy (non-hydrogen) atoms. The van der Waals surface area contributed by atoms with Gasteiger partial charge in [0.2, 0.25) is 0 Å². The minimum absolute atomic E-state index is 0.916. The van der Waals surface area contributed by atoms with E-state index in [-0.39, 0.29) is 0 Å². The molecule has 7 aromatic carbocycles. The fraction of sp³-hybridized carbons (Fsp3) is 0.0625. The van der Waals surface area contributed by atoms with Crippen molar-refractivity contribution in [2.75, 3.05) is 0 Å². The third-order valence-electron chi connectivity index (χ3n) is 8.86. The normalized spacial score (nSPS) is 11.6. The van der Waals surface area contributed by atoms with Gasteiger partial charge in [-0.15, -0.1) is 0 Å². The Labute approximate surface area is 301 Å². The molecule has 3 nitrogen and oxygen atoms in total. The lowest BCUT2D eigenvalue weighted by Crippen LogP contribution is -1.86. The topological polar surface area (TPSA) is 37.1 Å². The fourth-order valence-electron chi connectivity index (χ4n) is 5.75. The molecule has 0 aliphatic rings. The smallest absolute Gasteiger partial charge is 0.0630 e. The molecule has 0 aromatic heterocycles. The number of hydrogen-bond donors (Lipinski definition) is 0. The summed E-state index contributed by atoms with van der Waals surface area (Å²) in [5.41, 5.74) is 16.5. The molecule has 0 aliphatic heterocycles. The van der Waals surface area contributed by atoms with Gasteiger partial charge < -0.3 is 0 Å². The van der Waals surface area contributed by atoms with Crippen molar-refractivity contribution >= 4 is 35.7 Å². The van der Waals surface area contributed by atoms with Gasteiger partial charge in [-0.05, 0) is 125 Å². The van der Waals surface area contributed by atoms with Crippen LogP contribution in [0.3, 0.4) is 0 Å². The van der Waals surface area contributed by atoms with Gasteiger partial charge in [0, 0.05) is 18.6 Å². The Morgan fingerprint density at radius 3 is 0.745 bits per heavy atom. The molecule has 3 heteroatoms. The Balaban J connectivity index is 1.18. The molecule has 0 saturated carbocycles. The molecule has 0 radical (unpaired) electrons. The third-order valence-corrected chi connectivity index (χ3v) is 8.86. The van der Waals surface area contributed by atoms with Gasteiger partial charge in [0.15, 0.2) is 0 Å². The maximum absolute atomic E-state index is 4.72. The highest BCUT2D eigenvalue weighted by molar-refractivity contribution is 5.86. The van der Waals surface area contributed by atoms with E-state index >= 15 is 0 Å². The van der Waals surface area contributed by atoms with E-state index in [0.717, 1.165) is 67.1 Å². The second-order valence-electron chi connectivity index (χ2n) is 12.9. The molecule has 0 N–H and O–H groups in total. The first-order chi connectivity index (χ1) is 24.9. The van der Waals surface area contributed by atoms with Crippen LogP contribution in [0, 0.1) is 20.8 Å². The van der Waals surface area contributed by atoms with Crippen LogP contribution in [-0.2, 0) is 0 Å². The molecule has 0 saturated heterocycles. The summed E-state index contributed by atoms with van der Waals surface area (Å²) in [6.07, 6.45) is 5.74. The zero-order valence-electron chi connectivity index (χ0n) is 29.2. The second kappa shape index (κ2) is 15.4. The minimum atomic E-state index is 0.916. The predicted molar refractivity (Wildman–Crippen MR) is 218 cm³/mol. The molecule has 0 amide bonds. The predicted octanol–water partition coefficient (Wildman–Crippen LogP) is 12.9. The molecule has 0 atom stereocenters. The van der Waals surface area contributed by atoms with E-state index in [0.29, 0.717) is 0 Å². The number of aliphatic imine (C=N–C) groups is 3. The number of nitrogens with zero attached hydrogens (tertiary/aromatic N) is 3. The van der Waals surface area contributed by atoms with E-state index in [4.69, 9.17) is 15.0 Å². The van der Waals surface area contributed by atoms with Crippen LogP contribution in [0.2, 0.25) is 0 Å². The van der Waals surface area contributed by atoms with Crippen molar-refractivity contribution in [1.82, 2.24) is 0 Å². The molecule has 7 rings (SSSR count). The molecular weight excluding hydrogens is 619 g/mol. The van der Waals surface area contributed by atoms with Crippen LogP contribution in [0.1, 0.15) is 33.4 Å². The van der Waals surface area contributed by atoms with Crippen molar-refractivity contribution in [3.05, 3.63) is 197 Å². The number of benzene rings is 7. The average molecular weight is 658 g/mol. The van der Waals surface area contributed by atoms with Gasteiger partial charge in [0.05, 0.1) is 17.1 Å². The van der Waals surface area contributed by atoms with Gasteiger partial charge >= 0.3 is 0 Å². The number of rotatable bonds is 9. The van der Waals surface area contributed by atoms with Gasteiger partial charge in [-0.25, -0.2) is 0 Å². The van der Waals surface area contributed by atoms with Crippen LogP contribution in [0.15, 0.2) is 179 Å². The molecule has 7 aromatic rings. The van der Waals surface area contributed by atoms with Crippen LogP contribution < -0.4 is 0 Å². The molecule has 246 valence electrons. The van der Waals surface area contributed by atoms with Crippen molar-refractivity contribution in [1.29, 1.82) is 0 Å². The Hall–Kier alpha value is -6.45. The Morgan fingerprint density at radius 2 is 0.510 bits per heavy atom. The summed E-state index contributed by atoms with van der Waals surface area (Å²) in [7, 11) is 0. The van der Waals surface area contributed by atoms with Crippen molar-refractivity contribution in [2.24, 2.45) is 15.0 Å². The van der Waals surface area contributed by atoms with Crippen molar-refractivity contribution in [2.45, 2.75) is 20.8 Å². The largest absolute Gasteiger partial charge is 0.256 e. The first-order valence-corrected chi connectivity index (χ1v) is 17.2. The van der Waals surface area contributed by atoms with E-state index in [1.165, 1.54) is 16.7 Å². The first-order valence-electron chi connectivity index (χ1n) is 17.2. The minimum Gasteiger partial charge on any atom is -0.256 e. The quantitative estimate of drug-likeness (QED) is 0.139. The Kier molecular flexibility index (Phi) is 9.99. The highest BCUT2D eigenvalue weighted by atomic mass is 14.7. The molecular formula is C48H39N3. The zero-order valence-corrected chi connectivity index (χ0v) is 29.2.